The van der Waals surface area contributed by atoms with Gasteiger partial charge in [0.25, 0.3) is 0 Å². The highest BCUT2D eigenvalue weighted by atomic mass is 16.3. The van der Waals surface area contributed by atoms with E-state index in [0.29, 0.717) is 5.56 Å². The Morgan fingerprint density at radius 3 is 1.93 bits per heavy atom. The second kappa shape index (κ2) is 3.28. The number of aliphatic hydroxyl groups is 1. The lowest BCUT2D eigenvalue weighted by atomic mass is 9.73. The topological polar surface area (TPSA) is 40.5 Å². The number of aromatic hydroxyl groups is 1. The van der Waals surface area contributed by atoms with E-state index < -0.39 is 5.60 Å². The molecule has 0 fully saturated rings. The molecule has 78 valence electrons. The molecule has 1 atom stereocenters. The predicted molar refractivity (Wildman–Crippen MR) is 57.1 cm³/mol. The average Bonchev–Trinajstić information content (AvgIpc) is 2.02. The van der Waals surface area contributed by atoms with Gasteiger partial charge in [-0.05, 0) is 18.4 Å². The lowest BCUT2D eigenvalue weighted by molar-refractivity contribution is -0.0485. The molecule has 0 spiro atoms. The normalized spacial score (nSPS) is 16.4. The van der Waals surface area contributed by atoms with Gasteiger partial charge in [0.05, 0.1) is 5.60 Å². The van der Waals surface area contributed by atoms with Gasteiger partial charge in [0, 0.05) is 5.56 Å². The number of hydrogen-bond donors (Lipinski definition) is 2. The van der Waals surface area contributed by atoms with Crippen molar-refractivity contribution in [2.24, 2.45) is 5.41 Å². The fourth-order valence-corrected chi connectivity index (χ4v) is 1.29. The van der Waals surface area contributed by atoms with E-state index in [4.69, 9.17) is 0 Å². The molecule has 14 heavy (non-hydrogen) atoms. The first-order valence-corrected chi connectivity index (χ1v) is 4.77. The maximum absolute atomic E-state index is 10.3. The first-order valence-electron chi connectivity index (χ1n) is 4.77. The summed E-state index contributed by atoms with van der Waals surface area (Å²) in [5.74, 6) is 0.146. The third-order valence-electron chi connectivity index (χ3n) is 2.89. The molecule has 2 heteroatoms. The van der Waals surface area contributed by atoms with Crippen LogP contribution in [0.25, 0.3) is 0 Å². The maximum atomic E-state index is 10.3. The molecule has 0 amide bonds. The van der Waals surface area contributed by atoms with Gasteiger partial charge in [0.1, 0.15) is 5.75 Å². The van der Waals surface area contributed by atoms with Gasteiger partial charge in [0.2, 0.25) is 0 Å². The summed E-state index contributed by atoms with van der Waals surface area (Å²) in [6.07, 6.45) is 0. The van der Waals surface area contributed by atoms with Crippen molar-refractivity contribution in [2.45, 2.75) is 33.3 Å². The largest absolute Gasteiger partial charge is 0.508 e. The molecule has 0 aliphatic rings. The van der Waals surface area contributed by atoms with Crippen LogP contribution in [0.2, 0.25) is 0 Å². The zero-order valence-electron chi connectivity index (χ0n) is 9.20. The molecule has 1 aromatic rings. The van der Waals surface area contributed by atoms with E-state index >= 15 is 0 Å². The maximum Gasteiger partial charge on any atom is 0.121 e. The number of para-hydroxylation sites is 1. The molecule has 0 aliphatic carbocycles. The minimum absolute atomic E-state index is 0.146. The summed E-state index contributed by atoms with van der Waals surface area (Å²) in [4.78, 5) is 0. The van der Waals surface area contributed by atoms with Crippen LogP contribution in [-0.2, 0) is 5.60 Å². The molecule has 0 radical (unpaired) electrons. The molecule has 2 N–H and O–H groups in total. The monoisotopic (exact) mass is 194 g/mol. The van der Waals surface area contributed by atoms with Gasteiger partial charge in [-0.15, -0.1) is 0 Å². The third kappa shape index (κ3) is 1.75. The van der Waals surface area contributed by atoms with E-state index in [1.54, 1.807) is 25.1 Å². The SMILES string of the molecule is CC(C)(C)C(C)(O)c1ccccc1O. The van der Waals surface area contributed by atoms with E-state index in [1.807, 2.05) is 26.8 Å². The van der Waals surface area contributed by atoms with Crippen LogP contribution >= 0.6 is 0 Å². The summed E-state index contributed by atoms with van der Waals surface area (Å²) in [6.45, 7) is 7.56. The Labute approximate surface area is 85.2 Å². The van der Waals surface area contributed by atoms with Crippen LogP contribution < -0.4 is 0 Å². The van der Waals surface area contributed by atoms with E-state index in [1.165, 1.54) is 0 Å². The second-order valence-corrected chi connectivity index (χ2v) is 4.84. The van der Waals surface area contributed by atoms with Crippen LogP contribution in [0, 0.1) is 5.41 Å². The Balaban J connectivity index is 3.23. The van der Waals surface area contributed by atoms with Crippen LogP contribution in [0.5, 0.6) is 5.75 Å². The van der Waals surface area contributed by atoms with Crippen molar-refractivity contribution in [1.82, 2.24) is 0 Å². The highest BCUT2D eigenvalue weighted by molar-refractivity contribution is 5.37. The highest BCUT2D eigenvalue weighted by Crippen LogP contribution is 2.41. The Kier molecular flexibility index (Phi) is 2.59. The fourth-order valence-electron chi connectivity index (χ4n) is 1.29. The smallest absolute Gasteiger partial charge is 0.121 e. The zero-order valence-corrected chi connectivity index (χ0v) is 9.20. The van der Waals surface area contributed by atoms with Gasteiger partial charge in [-0.2, -0.15) is 0 Å². The summed E-state index contributed by atoms with van der Waals surface area (Å²) < 4.78 is 0. The van der Waals surface area contributed by atoms with E-state index in [-0.39, 0.29) is 11.2 Å². The van der Waals surface area contributed by atoms with E-state index in [0.717, 1.165) is 0 Å². The molecule has 0 aliphatic heterocycles. The Morgan fingerprint density at radius 1 is 1.00 bits per heavy atom. The van der Waals surface area contributed by atoms with Crippen molar-refractivity contribution in [3.63, 3.8) is 0 Å². The Bertz CT molecular complexity index is 321. The lowest BCUT2D eigenvalue weighted by Gasteiger charge is -2.37. The molecule has 0 aromatic heterocycles. The van der Waals surface area contributed by atoms with Gasteiger partial charge in [-0.1, -0.05) is 39.0 Å². The van der Waals surface area contributed by atoms with Crippen molar-refractivity contribution in [3.8, 4) is 5.75 Å². The molecule has 0 saturated heterocycles. The molecule has 1 unspecified atom stereocenters. The molecular weight excluding hydrogens is 176 g/mol. The zero-order chi connectivity index (χ0) is 11.0. The van der Waals surface area contributed by atoms with Gasteiger partial charge in [-0.3, -0.25) is 0 Å². The van der Waals surface area contributed by atoms with Crippen molar-refractivity contribution in [3.05, 3.63) is 29.8 Å². The average molecular weight is 194 g/mol. The van der Waals surface area contributed by atoms with Crippen molar-refractivity contribution >= 4 is 0 Å². The molecule has 2 nitrogen and oxygen atoms in total. The molecule has 1 rings (SSSR count). The standard InChI is InChI=1S/C12H18O2/c1-11(2,3)12(4,14)9-7-5-6-8-10(9)13/h5-8,13-14H,1-4H3. The molecule has 0 saturated carbocycles. The molecular formula is C12H18O2. The summed E-state index contributed by atoms with van der Waals surface area (Å²) in [6, 6.07) is 6.91. The first kappa shape index (κ1) is 11.1. The highest BCUT2D eigenvalue weighted by Gasteiger charge is 2.38. The Hall–Kier alpha value is -1.02. The predicted octanol–water partition coefficient (Wildman–Crippen LogP) is 2.65. The molecule has 1 aromatic carbocycles. The number of hydrogen-bond acceptors (Lipinski definition) is 2. The minimum Gasteiger partial charge on any atom is -0.508 e. The Morgan fingerprint density at radius 2 is 1.50 bits per heavy atom. The third-order valence-corrected chi connectivity index (χ3v) is 2.89. The minimum atomic E-state index is -1.03. The fraction of sp³-hybridized carbons (Fsp3) is 0.500. The van der Waals surface area contributed by atoms with Crippen LogP contribution in [0.1, 0.15) is 33.3 Å². The van der Waals surface area contributed by atoms with Crippen molar-refractivity contribution < 1.29 is 10.2 Å². The number of phenolic OH excluding ortho intramolecular Hbond substituents is 1. The summed E-state index contributed by atoms with van der Waals surface area (Å²) >= 11 is 0. The van der Waals surface area contributed by atoms with Crippen molar-refractivity contribution in [2.75, 3.05) is 0 Å². The van der Waals surface area contributed by atoms with Gasteiger partial charge in [-0.25, -0.2) is 0 Å². The molecule has 0 bridgehead atoms. The van der Waals surface area contributed by atoms with Crippen LogP contribution in [-0.4, -0.2) is 10.2 Å². The summed E-state index contributed by atoms with van der Waals surface area (Å²) in [5, 5.41) is 20.0. The van der Waals surface area contributed by atoms with Gasteiger partial charge < -0.3 is 10.2 Å². The van der Waals surface area contributed by atoms with Gasteiger partial charge in [0.15, 0.2) is 0 Å². The van der Waals surface area contributed by atoms with E-state index in [2.05, 4.69) is 0 Å². The molecule has 0 heterocycles. The van der Waals surface area contributed by atoms with Gasteiger partial charge >= 0.3 is 0 Å². The summed E-state index contributed by atoms with van der Waals surface area (Å²) in [5.41, 5.74) is -0.767. The van der Waals surface area contributed by atoms with Crippen LogP contribution in [0.4, 0.5) is 0 Å². The lowest BCUT2D eigenvalue weighted by Crippen LogP contribution is -2.36. The quantitative estimate of drug-likeness (QED) is 0.721. The number of phenols is 1. The summed E-state index contributed by atoms with van der Waals surface area (Å²) in [7, 11) is 0. The second-order valence-electron chi connectivity index (χ2n) is 4.84. The van der Waals surface area contributed by atoms with Crippen molar-refractivity contribution in [1.29, 1.82) is 0 Å². The van der Waals surface area contributed by atoms with Crippen LogP contribution in [0.3, 0.4) is 0 Å². The van der Waals surface area contributed by atoms with E-state index in [9.17, 15) is 10.2 Å². The first-order chi connectivity index (χ1) is 6.27. The van der Waals surface area contributed by atoms with Crippen LogP contribution in [0.15, 0.2) is 24.3 Å². The number of benzene rings is 1. The number of rotatable bonds is 1.